The minimum atomic E-state index is -4.30. The quantitative estimate of drug-likeness (QED) is 0.786. The van der Waals surface area contributed by atoms with Gasteiger partial charge in [0.2, 0.25) is 0 Å². The first-order valence-corrected chi connectivity index (χ1v) is 8.06. The number of nitrogens with zero attached hydrogens (tertiary/aromatic N) is 1. The van der Waals surface area contributed by atoms with Gasteiger partial charge >= 0.3 is 12.1 Å². The number of carbonyl (C=O) groups is 1. The van der Waals surface area contributed by atoms with Crippen molar-refractivity contribution in [2.24, 2.45) is 11.3 Å². The van der Waals surface area contributed by atoms with Crippen LogP contribution in [0.4, 0.5) is 13.2 Å². The number of rotatable bonds is 5. The zero-order valence-corrected chi connectivity index (χ0v) is 12.0. The maximum absolute atomic E-state index is 12.5. The third kappa shape index (κ3) is 3.67. The highest BCUT2D eigenvalue weighted by Crippen LogP contribution is 2.45. The highest BCUT2D eigenvalue weighted by Gasteiger charge is 2.51. The van der Waals surface area contributed by atoms with Gasteiger partial charge in [-0.15, -0.1) is 0 Å². The molecule has 1 saturated carbocycles. The molecule has 10 heteroatoms. The van der Waals surface area contributed by atoms with E-state index in [1.54, 1.807) is 0 Å². The molecule has 2 N–H and O–H groups in total. The summed E-state index contributed by atoms with van der Waals surface area (Å²) in [6.07, 6.45) is -4.03. The molecular weight excluding hydrogens is 313 g/mol. The summed E-state index contributed by atoms with van der Waals surface area (Å²) in [6.45, 7) is -0.636. The summed E-state index contributed by atoms with van der Waals surface area (Å²) in [5.74, 6) is -2.53. The van der Waals surface area contributed by atoms with Crippen molar-refractivity contribution in [2.75, 3.05) is 19.6 Å². The first-order chi connectivity index (χ1) is 9.57. The number of aliphatic carboxylic acids is 1. The molecule has 0 bridgehead atoms. The second-order valence-corrected chi connectivity index (χ2v) is 7.38. The van der Waals surface area contributed by atoms with Crippen molar-refractivity contribution in [1.82, 2.24) is 9.03 Å². The number of carboxylic acids is 1. The first kappa shape index (κ1) is 16.5. The van der Waals surface area contributed by atoms with Crippen molar-refractivity contribution < 1.29 is 31.5 Å². The fourth-order valence-electron chi connectivity index (χ4n) is 2.36. The van der Waals surface area contributed by atoms with Crippen molar-refractivity contribution in [1.29, 1.82) is 0 Å². The lowest BCUT2D eigenvalue weighted by Crippen LogP contribution is -2.48. The summed E-state index contributed by atoms with van der Waals surface area (Å²) < 4.78 is 64.7. The molecular formula is C11H17F3N2O4S. The lowest BCUT2D eigenvalue weighted by atomic mass is 9.98. The zero-order chi connectivity index (χ0) is 15.9. The van der Waals surface area contributed by atoms with Crippen LogP contribution >= 0.6 is 0 Å². The summed E-state index contributed by atoms with van der Waals surface area (Å²) in [4.78, 5) is 11.0. The summed E-state index contributed by atoms with van der Waals surface area (Å²) in [6, 6.07) is 0. The highest BCUT2D eigenvalue weighted by molar-refractivity contribution is 7.87. The summed E-state index contributed by atoms with van der Waals surface area (Å²) in [5.41, 5.74) is -1.04. The normalized spacial score (nSPS) is 24.0. The van der Waals surface area contributed by atoms with Gasteiger partial charge in [0.1, 0.15) is 0 Å². The van der Waals surface area contributed by atoms with Gasteiger partial charge in [0.25, 0.3) is 10.2 Å². The number of hydrogen-bond acceptors (Lipinski definition) is 3. The van der Waals surface area contributed by atoms with E-state index in [9.17, 15) is 26.4 Å². The average molecular weight is 330 g/mol. The predicted octanol–water partition coefficient (Wildman–Crippen LogP) is 0.960. The Morgan fingerprint density at radius 3 is 2.19 bits per heavy atom. The fourth-order valence-corrected chi connectivity index (χ4v) is 3.69. The second kappa shape index (κ2) is 5.40. The van der Waals surface area contributed by atoms with E-state index in [0.29, 0.717) is 12.8 Å². The van der Waals surface area contributed by atoms with Crippen molar-refractivity contribution in [3.05, 3.63) is 0 Å². The standard InChI is InChI=1S/C11H17F3N2O4S/c12-11(13,14)8-1-5-16(6-2-8)21(19,20)15-7-10(3-4-10)9(17)18/h8,15H,1-7H2,(H,17,18). The van der Waals surface area contributed by atoms with E-state index in [0.717, 1.165) is 4.31 Å². The molecule has 0 radical (unpaired) electrons. The maximum Gasteiger partial charge on any atom is 0.391 e. The van der Waals surface area contributed by atoms with Gasteiger partial charge in [-0.2, -0.15) is 25.9 Å². The third-order valence-electron chi connectivity index (χ3n) is 4.16. The van der Waals surface area contributed by atoms with Gasteiger partial charge in [0.15, 0.2) is 0 Å². The van der Waals surface area contributed by atoms with E-state index >= 15 is 0 Å². The topological polar surface area (TPSA) is 86.7 Å². The Bertz CT molecular complexity index is 508. The molecule has 1 heterocycles. The fraction of sp³-hybridized carbons (Fsp3) is 0.909. The van der Waals surface area contributed by atoms with Crippen LogP contribution < -0.4 is 4.72 Å². The molecule has 0 atom stereocenters. The second-order valence-electron chi connectivity index (χ2n) is 5.63. The van der Waals surface area contributed by atoms with Crippen molar-refractivity contribution in [2.45, 2.75) is 31.9 Å². The van der Waals surface area contributed by atoms with Gasteiger partial charge in [-0.3, -0.25) is 4.79 Å². The van der Waals surface area contributed by atoms with E-state index in [1.807, 2.05) is 0 Å². The molecule has 2 rings (SSSR count). The van der Waals surface area contributed by atoms with E-state index in [1.165, 1.54) is 0 Å². The van der Waals surface area contributed by atoms with Crippen LogP contribution in [0, 0.1) is 11.3 Å². The minimum absolute atomic E-state index is 0.209. The summed E-state index contributed by atoms with van der Waals surface area (Å²) in [5, 5.41) is 8.96. The van der Waals surface area contributed by atoms with Gasteiger partial charge in [-0.1, -0.05) is 0 Å². The van der Waals surface area contributed by atoms with E-state index < -0.39 is 33.7 Å². The molecule has 1 saturated heterocycles. The minimum Gasteiger partial charge on any atom is -0.481 e. The molecule has 2 fully saturated rings. The van der Waals surface area contributed by atoms with Gasteiger partial charge in [-0.25, -0.2) is 4.72 Å². The average Bonchev–Trinajstić information content (AvgIpc) is 3.17. The number of alkyl halides is 3. The molecule has 0 amide bonds. The van der Waals surface area contributed by atoms with E-state index in [-0.39, 0.29) is 32.5 Å². The van der Waals surface area contributed by atoms with Crippen molar-refractivity contribution in [3.63, 3.8) is 0 Å². The predicted molar refractivity (Wildman–Crippen MR) is 66.6 cm³/mol. The number of carboxylic acid groups (broad SMARTS) is 1. The molecule has 0 spiro atoms. The van der Waals surface area contributed by atoms with Gasteiger partial charge in [0, 0.05) is 19.6 Å². The Morgan fingerprint density at radius 2 is 1.81 bits per heavy atom. The monoisotopic (exact) mass is 330 g/mol. The Labute approximate surface area is 120 Å². The van der Waals surface area contributed by atoms with Crippen LogP contribution in [0.1, 0.15) is 25.7 Å². The highest BCUT2D eigenvalue weighted by atomic mass is 32.2. The lowest BCUT2D eigenvalue weighted by Gasteiger charge is -2.32. The lowest BCUT2D eigenvalue weighted by molar-refractivity contribution is -0.182. The van der Waals surface area contributed by atoms with Gasteiger partial charge < -0.3 is 5.11 Å². The van der Waals surface area contributed by atoms with E-state index in [4.69, 9.17) is 5.11 Å². The third-order valence-corrected chi connectivity index (χ3v) is 5.71. The molecule has 0 aromatic heterocycles. The van der Waals surface area contributed by atoms with Gasteiger partial charge in [0.05, 0.1) is 11.3 Å². The number of hydrogen-bond donors (Lipinski definition) is 2. The SMILES string of the molecule is O=C(O)C1(CNS(=O)(=O)N2CCC(C(F)(F)F)CC2)CC1. The summed E-state index contributed by atoms with van der Waals surface area (Å²) >= 11 is 0. The summed E-state index contributed by atoms with van der Waals surface area (Å²) in [7, 11) is -3.93. The van der Waals surface area contributed by atoms with Crippen molar-refractivity contribution in [3.8, 4) is 0 Å². The molecule has 122 valence electrons. The Kier molecular flexibility index (Phi) is 4.24. The maximum atomic E-state index is 12.5. The Hall–Kier alpha value is -0.870. The molecule has 6 nitrogen and oxygen atoms in total. The molecule has 1 aliphatic heterocycles. The Balaban J connectivity index is 1.89. The molecule has 0 aromatic carbocycles. The molecule has 21 heavy (non-hydrogen) atoms. The molecule has 1 aliphatic carbocycles. The van der Waals surface area contributed by atoms with Crippen LogP contribution in [-0.2, 0) is 15.0 Å². The van der Waals surface area contributed by atoms with Crippen molar-refractivity contribution >= 4 is 16.2 Å². The number of piperidine rings is 1. The van der Waals surface area contributed by atoms with Crippen LogP contribution in [-0.4, -0.2) is 49.6 Å². The molecule has 0 unspecified atom stereocenters. The Morgan fingerprint density at radius 1 is 1.29 bits per heavy atom. The van der Waals surface area contributed by atoms with Crippen LogP contribution in [0.2, 0.25) is 0 Å². The van der Waals surface area contributed by atoms with Crippen LogP contribution in [0.3, 0.4) is 0 Å². The van der Waals surface area contributed by atoms with Crippen LogP contribution in [0.15, 0.2) is 0 Å². The van der Waals surface area contributed by atoms with Gasteiger partial charge in [-0.05, 0) is 25.7 Å². The van der Waals surface area contributed by atoms with Crippen LogP contribution in [0.5, 0.6) is 0 Å². The molecule has 2 aliphatic rings. The number of halogens is 3. The first-order valence-electron chi connectivity index (χ1n) is 6.62. The smallest absolute Gasteiger partial charge is 0.391 e. The zero-order valence-electron chi connectivity index (χ0n) is 11.2. The largest absolute Gasteiger partial charge is 0.481 e. The number of nitrogens with one attached hydrogen (secondary N) is 1. The molecule has 0 aromatic rings. The van der Waals surface area contributed by atoms with Crippen LogP contribution in [0.25, 0.3) is 0 Å². The van der Waals surface area contributed by atoms with E-state index in [2.05, 4.69) is 4.72 Å².